The lowest BCUT2D eigenvalue weighted by Crippen LogP contribution is -2.42. The van der Waals surface area contributed by atoms with Gasteiger partial charge in [0.05, 0.1) is 26.7 Å². The third kappa shape index (κ3) is 10.3. The van der Waals surface area contributed by atoms with Crippen molar-refractivity contribution in [3.8, 4) is 0 Å². The summed E-state index contributed by atoms with van der Waals surface area (Å²) in [7, 11) is 0. The molecular formula is C28H36Cl2N6S3. The van der Waals surface area contributed by atoms with E-state index in [-0.39, 0.29) is 24.8 Å². The predicted molar refractivity (Wildman–Crippen MR) is 176 cm³/mol. The molecule has 0 unspecified atom stereocenters. The average molecular weight is 624 g/mol. The van der Waals surface area contributed by atoms with Gasteiger partial charge >= 0.3 is 0 Å². The third-order valence-corrected chi connectivity index (χ3v) is 9.26. The van der Waals surface area contributed by atoms with Crippen molar-refractivity contribution in [3.63, 3.8) is 0 Å². The van der Waals surface area contributed by atoms with Gasteiger partial charge in [0, 0.05) is 24.6 Å². The molecule has 0 spiro atoms. The minimum absolute atomic E-state index is 0. The predicted octanol–water partition coefficient (Wildman–Crippen LogP) is 5.90. The molecule has 2 aliphatic heterocycles. The molecule has 5 rings (SSSR count). The molecule has 0 bridgehead atoms. The van der Waals surface area contributed by atoms with Crippen LogP contribution < -0.4 is 10.6 Å². The number of hydrogen-bond acceptors (Lipinski definition) is 9. The first-order chi connectivity index (χ1) is 18.3. The molecule has 39 heavy (non-hydrogen) atoms. The average Bonchev–Trinajstić information content (AvgIpc) is 3.42. The molecule has 0 amide bonds. The van der Waals surface area contributed by atoms with E-state index < -0.39 is 0 Å². The second-order valence-corrected chi connectivity index (χ2v) is 11.8. The number of aliphatic imine (C=N–C) groups is 2. The summed E-state index contributed by atoms with van der Waals surface area (Å²) in [6, 6.07) is 21.3. The highest BCUT2D eigenvalue weighted by Gasteiger charge is 2.16. The lowest BCUT2D eigenvalue weighted by molar-refractivity contribution is 0.270. The van der Waals surface area contributed by atoms with Gasteiger partial charge in [-0.05, 0) is 45.9 Å². The van der Waals surface area contributed by atoms with Gasteiger partial charge in [0.25, 0.3) is 0 Å². The van der Waals surface area contributed by atoms with Crippen molar-refractivity contribution in [3.05, 3.63) is 93.7 Å². The Morgan fingerprint density at radius 3 is 1.49 bits per heavy atom. The molecule has 0 aliphatic carbocycles. The zero-order chi connectivity index (χ0) is 25.1. The van der Waals surface area contributed by atoms with Crippen LogP contribution in [0.1, 0.15) is 22.3 Å². The topological polar surface area (TPSA) is 55.3 Å². The summed E-state index contributed by atoms with van der Waals surface area (Å²) in [4.78, 5) is 14.2. The van der Waals surface area contributed by atoms with E-state index in [0.717, 1.165) is 74.4 Å². The number of amidine groups is 2. The first-order valence-corrected chi connectivity index (χ1v) is 15.6. The van der Waals surface area contributed by atoms with E-state index in [1.807, 2.05) is 23.5 Å². The Morgan fingerprint density at radius 1 is 0.667 bits per heavy atom. The molecule has 0 saturated heterocycles. The van der Waals surface area contributed by atoms with Gasteiger partial charge in [0.2, 0.25) is 0 Å². The van der Waals surface area contributed by atoms with Gasteiger partial charge in [-0.3, -0.25) is 9.80 Å². The van der Waals surface area contributed by atoms with Gasteiger partial charge in [0.15, 0.2) is 10.3 Å². The Balaban J connectivity index is 0.00000210. The normalized spacial score (nSPS) is 15.7. The molecule has 1 aromatic heterocycles. The Morgan fingerprint density at radius 2 is 1.10 bits per heavy atom. The first-order valence-electron chi connectivity index (χ1n) is 12.7. The Kier molecular flexibility index (Phi) is 14.0. The van der Waals surface area contributed by atoms with Crippen LogP contribution in [0.4, 0.5) is 0 Å². The second kappa shape index (κ2) is 17.2. The molecular weight excluding hydrogens is 587 g/mol. The van der Waals surface area contributed by atoms with Crippen LogP contribution in [0.15, 0.2) is 81.4 Å². The van der Waals surface area contributed by atoms with Crippen LogP contribution in [0.25, 0.3) is 0 Å². The van der Waals surface area contributed by atoms with Crippen LogP contribution in [0.5, 0.6) is 0 Å². The molecule has 2 aromatic carbocycles. The van der Waals surface area contributed by atoms with Crippen molar-refractivity contribution in [2.75, 3.05) is 39.8 Å². The standard InChI is InChI=1S/C28H34N6S3.2ClH/c1-3-7-23(8-4-1)11-13-33-19-29-27(30-20-33)36-17-25-15-35-16-26(25)18-37-28-31-21-34(22-32-28)14-12-24-9-5-2-6-10-24;;/h1-10,15-16H,11-14,17-22H2,(H,29,30)(H,31,32);2*1H. The molecule has 3 heterocycles. The zero-order valence-corrected chi connectivity index (χ0v) is 25.9. The van der Waals surface area contributed by atoms with E-state index >= 15 is 0 Å². The molecule has 11 heteroatoms. The van der Waals surface area contributed by atoms with Crippen molar-refractivity contribution in [2.45, 2.75) is 24.3 Å². The minimum Gasteiger partial charge on any atom is -0.352 e. The van der Waals surface area contributed by atoms with Crippen molar-refractivity contribution in [1.29, 1.82) is 0 Å². The lowest BCUT2D eigenvalue weighted by atomic mass is 10.1. The number of nitrogens with zero attached hydrogens (tertiary/aromatic N) is 4. The van der Waals surface area contributed by atoms with E-state index in [0.29, 0.717) is 0 Å². The highest BCUT2D eigenvalue weighted by atomic mass is 35.5. The zero-order valence-electron chi connectivity index (χ0n) is 21.8. The first kappa shape index (κ1) is 31.8. The van der Waals surface area contributed by atoms with Crippen LogP contribution in [0.3, 0.4) is 0 Å². The van der Waals surface area contributed by atoms with Gasteiger partial charge < -0.3 is 10.6 Å². The number of thiophene rings is 1. The largest absolute Gasteiger partial charge is 0.352 e. The van der Waals surface area contributed by atoms with E-state index in [4.69, 9.17) is 9.98 Å². The summed E-state index contributed by atoms with van der Waals surface area (Å²) in [6.07, 6.45) is 2.12. The van der Waals surface area contributed by atoms with E-state index in [2.05, 4.69) is 91.9 Å². The lowest BCUT2D eigenvalue weighted by Gasteiger charge is -2.26. The van der Waals surface area contributed by atoms with Gasteiger partial charge in [-0.2, -0.15) is 11.3 Å². The molecule has 6 nitrogen and oxygen atoms in total. The van der Waals surface area contributed by atoms with E-state index in [9.17, 15) is 0 Å². The van der Waals surface area contributed by atoms with Crippen molar-refractivity contribution >= 4 is 70.0 Å². The quantitative estimate of drug-likeness (QED) is 0.294. The number of benzene rings is 2. The Bertz CT molecular complexity index is 1090. The summed E-state index contributed by atoms with van der Waals surface area (Å²) in [5.41, 5.74) is 5.56. The van der Waals surface area contributed by atoms with Crippen LogP contribution in [0.2, 0.25) is 0 Å². The smallest absolute Gasteiger partial charge is 0.159 e. The maximum atomic E-state index is 4.77. The van der Waals surface area contributed by atoms with Gasteiger partial charge in [-0.25, -0.2) is 9.98 Å². The number of thioether (sulfide) groups is 2. The molecule has 3 aromatic rings. The molecule has 2 N–H and O–H groups in total. The number of rotatable bonds is 10. The molecule has 0 radical (unpaired) electrons. The Hall–Kier alpha value is -1.72. The third-order valence-electron chi connectivity index (χ3n) is 6.42. The molecule has 0 atom stereocenters. The second-order valence-electron chi connectivity index (χ2n) is 9.14. The molecule has 210 valence electrons. The van der Waals surface area contributed by atoms with Gasteiger partial charge in [-0.15, -0.1) is 24.8 Å². The summed E-state index contributed by atoms with van der Waals surface area (Å²) in [6.45, 7) is 5.29. The van der Waals surface area contributed by atoms with E-state index in [1.54, 1.807) is 11.3 Å². The van der Waals surface area contributed by atoms with Crippen LogP contribution >= 0.6 is 59.7 Å². The summed E-state index contributed by atoms with van der Waals surface area (Å²) < 4.78 is 0. The minimum atomic E-state index is 0. The van der Waals surface area contributed by atoms with Crippen molar-refractivity contribution in [2.24, 2.45) is 9.98 Å². The van der Waals surface area contributed by atoms with Crippen molar-refractivity contribution < 1.29 is 0 Å². The SMILES string of the molecule is Cl.Cl.c1ccc(CCN2CN=C(SCc3cscc3CSC3=NCN(CCc4ccccc4)CN3)NC2)cc1. The van der Waals surface area contributed by atoms with Crippen molar-refractivity contribution in [1.82, 2.24) is 20.4 Å². The highest BCUT2D eigenvalue weighted by molar-refractivity contribution is 8.13. The fourth-order valence-electron chi connectivity index (χ4n) is 4.15. The maximum Gasteiger partial charge on any atom is 0.159 e. The summed E-state index contributed by atoms with van der Waals surface area (Å²) in [5, 5.41) is 13.7. The van der Waals surface area contributed by atoms with Crippen LogP contribution in [0, 0.1) is 0 Å². The monoisotopic (exact) mass is 622 g/mol. The van der Waals surface area contributed by atoms with Crippen LogP contribution in [-0.4, -0.2) is 59.9 Å². The van der Waals surface area contributed by atoms with Crippen LogP contribution in [-0.2, 0) is 24.3 Å². The number of hydrogen-bond donors (Lipinski definition) is 2. The fraction of sp³-hybridized carbons (Fsp3) is 0.357. The highest BCUT2D eigenvalue weighted by Crippen LogP contribution is 2.26. The molecule has 0 saturated carbocycles. The van der Waals surface area contributed by atoms with Gasteiger partial charge in [0.1, 0.15) is 0 Å². The maximum absolute atomic E-state index is 4.77. The number of halogens is 2. The summed E-state index contributed by atoms with van der Waals surface area (Å²) in [5.74, 6) is 1.89. The number of nitrogens with one attached hydrogen (secondary N) is 2. The van der Waals surface area contributed by atoms with Gasteiger partial charge in [-0.1, -0.05) is 84.2 Å². The molecule has 2 aliphatic rings. The van der Waals surface area contributed by atoms with E-state index in [1.165, 1.54) is 22.3 Å². The molecule has 0 fully saturated rings. The fourth-order valence-corrected chi connectivity index (χ4v) is 6.98. The summed E-state index contributed by atoms with van der Waals surface area (Å²) >= 11 is 5.40. The Labute approximate surface area is 257 Å².